The van der Waals surface area contributed by atoms with Gasteiger partial charge in [0.15, 0.2) is 0 Å². The Bertz CT molecular complexity index is 334. The third-order valence-electron chi connectivity index (χ3n) is 2.73. The van der Waals surface area contributed by atoms with Gasteiger partial charge in [-0.3, -0.25) is 0 Å². The molecule has 1 aromatic rings. The molecular weight excluding hydrogens is 210 g/mol. The lowest BCUT2D eigenvalue weighted by molar-refractivity contribution is 0.120. The molecule has 1 heterocycles. The van der Waals surface area contributed by atoms with Crippen LogP contribution in [0.1, 0.15) is 18.4 Å². The van der Waals surface area contributed by atoms with Gasteiger partial charge < -0.3 is 10.1 Å². The van der Waals surface area contributed by atoms with Crippen molar-refractivity contribution in [3.63, 3.8) is 0 Å². The lowest BCUT2D eigenvalue weighted by atomic mass is 10.2. The zero-order valence-electron chi connectivity index (χ0n) is 8.92. The molecule has 0 bridgehead atoms. The highest BCUT2D eigenvalue weighted by Crippen LogP contribution is 2.20. The molecular formula is C12H16ClNO. The number of rotatable bonds is 3. The zero-order chi connectivity index (χ0) is 10.7. The molecule has 1 fully saturated rings. The number of aryl methyl sites for hydroxylation is 1. The van der Waals surface area contributed by atoms with E-state index in [1.165, 1.54) is 18.4 Å². The molecule has 1 aliphatic rings. The number of ether oxygens (including phenoxy) is 1. The fourth-order valence-electron chi connectivity index (χ4n) is 1.85. The van der Waals surface area contributed by atoms with Crippen LogP contribution in [0.5, 0.6) is 0 Å². The molecule has 2 rings (SSSR count). The molecule has 82 valence electrons. The van der Waals surface area contributed by atoms with Gasteiger partial charge in [0.1, 0.15) is 0 Å². The summed E-state index contributed by atoms with van der Waals surface area (Å²) in [6.07, 6.45) is 2.73. The predicted octanol–water partition coefficient (Wildman–Crippen LogP) is 3.24. The summed E-state index contributed by atoms with van der Waals surface area (Å²) in [7, 11) is 0. The first kappa shape index (κ1) is 10.8. The summed E-state index contributed by atoms with van der Waals surface area (Å²) < 4.78 is 5.55. The summed E-state index contributed by atoms with van der Waals surface area (Å²) >= 11 is 5.89. The van der Waals surface area contributed by atoms with Crippen molar-refractivity contribution >= 4 is 17.3 Å². The van der Waals surface area contributed by atoms with Gasteiger partial charge in [0.25, 0.3) is 0 Å². The van der Waals surface area contributed by atoms with Crippen LogP contribution < -0.4 is 5.32 Å². The molecule has 0 aliphatic carbocycles. The van der Waals surface area contributed by atoms with Crippen LogP contribution in [-0.2, 0) is 4.74 Å². The van der Waals surface area contributed by atoms with Crippen molar-refractivity contribution in [2.24, 2.45) is 0 Å². The van der Waals surface area contributed by atoms with Crippen molar-refractivity contribution in [1.29, 1.82) is 0 Å². The topological polar surface area (TPSA) is 21.3 Å². The molecule has 1 aliphatic heterocycles. The molecule has 3 heteroatoms. The van der Waals surface area contributed by atoms with Crippen LogP contribution >= 0.6 is 11.6 Å². The second-order valence-electron chi connectivity index (χ2n) is 3.98. The number of nitrogens with one attached hydrogen (secondary N) is 1. The van der Waals surface area contributed by atoms with Gasteiger partial charge in [-0.2, -0.15) is 0 Å². The van der Waals surface area contributed by atoms with E-state index in [1.807, 2.05) is 18.2 Å². The SMILES string of the molecule is Cc1cc(Cl)ccc1NCC1CCCO1. The second-order valence-corrected chi connectivity index (χ2v) is 4.41. The molecule has 0 spiro atoms. The fraction of sp³-hybridized carbons (Fsp3) is 0.500. The molecule has 1 atom stereocenters. The van der Waals surface area contributed by atoms with Crippen LogP contribution in [0.2, 0.25) is 5.02 Å². The van der Waals surface area contributed by atoms with Gasteiger partial charge in [-0.15, -0.1) is 0 Å². The first-order valence-electron chi connectivity index (χ1n) is 5.37. The van der Waals surface area contributed by atoms with Crippen LogP contribution in [0.25, 0.3) is 0 Å². The molecule has 0 amide bonds. The van der Waals surface area contributed by atoms with E-state index >= 15 is 0 Å². The smallest absolute Gasteiger partial charge is 0.0748 e. The molecule has 1 unspecified atom stereocenters. The normalized spacial score (nSPS) is 20.5. The Morgan fingerprint density at radius 1 is 1.53 bits per heavy atom. The summed E-state index contributed by atoms with van der Waals surface area (Å²) in [4.78, 5) is 0. The maximum atomic E-state index is 5.89. The molecule has 0 aromatic heterocycles. The first-order valence-corrected chi connectivity index (χ1v) is 5.75. The minimum atomic E-state index is 0.375. The molecule has 0 saturated carbocycles. The van der Waals surface area contributed by atoms with E-state index in [0.29, 0.717) is 6.10 Å². The predicted molar refractivity (Wildman–Crippen MR) is 63.7 cm³/mol. The Balaban J connectivity index is 1.92. The first-order chi connectivity index (χ1) is 7.25. The number of halogens is 1. The Hall–Kier alpha value is -0.730. The van der Waals surface area contributed by atoms with Gasteiger partial charge in [0, 0.05) is 23.9 Å². The minimum absolute atomic E-state index is 0.375. The summed E-state index contributed by atoms with van der Waals surface area (Å²) in [5.41, 5.74) is 2.33. The lowest BCUT2D eigenvalue weighted by Gasteiger charge is -2.13. The molecule has 1 aromatic carbocycles. The average molecular weight is 226 g/mol. The summed E-state index contributed by atoms with van der Waals surface area (Å²) in [5.74, 6) is 0. The number of hydrogen-bond acceptors (Lipinski definition) is 2. The molecule has 15 heavy (non-hydrogen) atoms. The van der Waals surface area contributed by atoms with E-state index in [2.05, 4.69) is 12.2 Å². The highest BCUT2D eigenvalue weighted by atomic mass is 35.5. The van der Waals surface area contributed by atoms with E-state index in [1.54, 1.807) is 0 Å². The number of anilines is 1. The van der Waals surface area contributed by atoms with Crippen LogP contribution in [0, 0.1) is 6.92 Å². The maximum Gasteiger partial charge on any atom is 0.0748 e. The quantitative estimate of drug-likeness (QED) is 0.853. The van der Waals surface area contributed by atoms with Gasteiger partial charge in [0.05, 0.1) is 6.10 Å². The van der Waals surface area contributed by atoms with Crippen molar-refractivity contribution in [3.8, 4) is 0 Å². The molecule has 0 radical (unpaired) electrons. The van der Waals surface area contributed by atoms with Gasteiger partial charge >= 0.3 is 0 Å². The molecule has 1 saturated heterocycles. The highest BCUT2D eigenvalue weighted by Gasteiger charge is 2.14. The van der Waals surface area contributed by atoms with Gasteiger partial charge in [-0.05, 0) is 43.5 Å². The van der Waals surface area contributed by atoms with E-state index in [-0.39, 0.29) is 0 Å². The van der Waals surface area contributed by atoms with E-state index in [0.717, 1.165) is 23.9 Å². The van der Waals surface area contributed by atoms with Crippen molar-refractivity contribution in [1.82, 2.24) is 0 Å². The average Bonchev–Trinajstić information content (AvgIpc) is 2.69. The van der Waals surface area contributed by atoms with E-state index in [9.17, 15) is 0 Å². The number of benzene rings is 1. The van der Waals surface area contributed by atoms with Crippen LogP contribution in [-0.4, -0.2) is 19.3 Å². The van der Waals surface area contributed by atoms with Crippen LogP contribution in [0.3, 0.4) is 0 Å². The third-order valence-corrected chi connectivity index (χ3v) is 2.97. The maximum absolute atomic E-state index is 5.89. The van der Waals surface area contributed by atoms with Crippen molar-refractivity contribution in [2.75, 3.05) is 18.5 Å². The zero-order valence-corrected chi connectivity index (χ0v) is 9.68. The summed E-state index contributed by atoms with van der Waals surface area (Å²) in [6.45, 7) is 3.86. The van der Waals surface area contributed by atoms with Crippen molar-refractivity contribution < 1.29 is 4.74 Å². The lowest BCUT2D eigenvalue weighted by Crippen LogP contribution is -2.18. The minimum Gasteiger partial charge on any atom is -0.382 e. The van der Waals surface area contributed by atoms with Crippen LogP contribution in [0.4, 0.5) is 5.69 Å². The standard InChI is InChI=1S/C12H16ClNO/c1-9-7-10(13)4-5-12(9)14-8-11-3-2-6-15-11/h4-5,7,11,14H,2-3,6,8H2,1H3. The van der Waals surface area contributed by atoms with Gasteiger partial charge in [-0.25, -0.2) is 0 Å². The summed E-state index contributed by atoms with van der Waals surface area (Å²) in [5, 5.41) is 4.19. The third kappa shape index (κ3) is 2.86. The largest absolute Gasteiger partial charge is 0.382 e. The molecule has 2 nitrogen and oxygen atoms in total. The van der Waals surface area contributed by atoms with Crippen molar-refractivity contribution in [3.05, 3.63) is 28.8 Å². The van der Waals surface area contributed by atoms with E-state index in [4.69, 9.17) is 16.3 Å². The highest BCUT2D eigenvalue weighted by molar-refractivity contribution is 6.30. The molecule has 1 N–H and O–H groups in total. The van der Waals surface area contributed by atoms with Crippen LogP contribution in [0.15, 0.2) is 18.2 Å². The summed E-state index contributed by atoms with van der Waals surface area (Å²) in [6, 6.07) is 5.90. The number of hydrogen-bond donors (Lipinski definition) is 1. The van der Waals surface area contributed by atoms with E-state index < -0.39 is 0 Å². The Kier molecular flexibility index (Phi) is 3.49. The van der Waals surface area contributed by atoms with Crippen molar-refractivity contribution in [2.45, 2.75) is 25.9 Å². The second kappa shape index (κ2) is 4.86. The fourth-order valence-corrected chi connectivity index (χ4v) is 2.08. The Morgan fingerprint density at radius 2 is 2.40 bits per heavy atom. The Morgan fingerprint density at radius 3 is 3.07 bits per heavy atom. The Labute approximate surface area is 95.6 Å². The van der Waals surface area contributed by atoms with Gasteiger partial charge in [0.2, 0.25) is 0 Å². The van der Waals surface area contributed by atoms with Gasteiger partial charge in [-0.1, -0.05) is 11.6 Å². The monoisotopic (exact) mass is 225 g/mol.